The lowest BCUT2D eigenvalue weighted by Crippen LogP contribution is -2.57. The fourth-order valence-corrected chi connectivity index (χ4v) is 2.87. The Labute approximate surface area is 176 Å². The fraction of sp³-hybridized carbons (Fsp3) is 0.611. The smallest absolute Gasteiger partial charge is 0.403 e. The van der Waals surface area contributed by atoms with E-state index in [2.05, 4.69) is 10.3 Å². The number of rotatable bonds is 5. The Morgan fingerprint density at radius 3 is 2.26 bits per heavy atom. The number of hydrogen-bond acceptors (Lipinski definition) is 3. The van der Waals surface area contributed by atoms with Crippen molar-refractivity contribution in [1.82, 2.24) is 15.1 Å². The normalized spacial score (nSPS) is 18.4. The van der Waals surface area contributed by atoms with E-state index in [0.717, 1.165) is 5.75 Å². The number of nitrogens with one attached hydrogen (secondary N) is 1. The van der Waals surface area contributed by atoms with Gasteiger partial charge in [0.25, 0.3) is 0 Å². The summed E-state index contributed by atoms with van der Waals surface area (Å²) < 4.78 is 44.3. The van der Waals surface area contributed by atoms with Crippen LogP contribution in [0.2, 0.25) is 0 Å². The molecule has 9 heteroatoms. The Morgan fingerprint density at radius 1 is 1.15 bits per heavy atom. The average Bonchev–Trinajstić information content (AvgIpc) is 2.62. The number of benzene rings is 1. The molecular formula is C18H28F3IN4O. The molecule has 0 bridgehead atoms. The molecule has 0 aromatic heterocycles. The number of hydrogen-bond donors (Lipinski definition) is 1. The second kappa shape index (κ2) is 10.9. The molecule has 1 aromatic carbocycles. The van der Waals surface area contributed by atoms with Gasteiger partial charge in [-0.05, 0) is 26.0 Å². The molecule has 1 N–H and O–H groups in total. The maximum atomic E-state index is 12.8. The van der Waals surface area contributed by atoms with Crippen molar-refractivity contribution in [2.24, 2.45) is 4.99 Å². The first-order valence-corrected chi connectivity index (χ1v) is 8.79. The molecule has 0 spiro atoms. The number of ether oxygens (including phenoxy) is 1. The van der Waals surface area contributed by atoms with Crippen LogP contribution in [0.1, 0.15) is 13.8 Å². The Kier molecular flexibility index (Phi) is 9.65. The van der Waals surface area contributed by atoms with Crippen molar-refractivity contribution in [3.8, 4) is 5.75 Å². The highest BCUT2D eigenvalue weighted by molar-refractivity contribution is 14.0. The van der Waals surface area contributed by atoms with Crippen molar-refractivity contribution in [3.05, 3.63) is 30.3 Å². The summed E-state index contributed by atoms with van der Waals surface area (Å²) in [5, 5.41) is 3.24. The standard InChI is InChI=1S/C18H27F3N4O.HI/c1-14(26-16-7-5-4-6-8-16)13-23-17(22-3)25-11-9-24(10-12-25)15(2)18(19,20)21;/h4-8,14-15H,9-13H2,1-3H3,(H,22,23);1H. The summed E-state index contributed by atoms with van der Waals surface area (Å²) in [7, 11) is 1.68. The summed E-state index contributed by atoms with van der Waals surface area (Å²) in [5.74, 6) is 1.49. The van der Waals surface area contributed by atoms with E-state index < -0.39 is 12.2 Å². The van der Waals surface area contributed by atoms with Gasteiger partial charge >= 0.3 is 6.18 Å². The van der Waals surface area contributed by atoms with Gasteiger partial charge in [0.05, 0.1) is 6.54 Å². The van der Waals surface area contributed by atoms with E-state index in [9.17, 15) is 13.2 Å². The SMILES string of the molecule is CN=C(NCC(C)Oc1ccccc1)N1CCN(C(C)C(F)(F)F)CC1.I. The zero-order valence-electron chi connectivity index (χ0n) is 15.9. The van der Waals surface area contributed by atoms with E-state index in [1.807, 2.05) is 42.2 Å². The summed E-state index contributed by atoms with van der Waals surface area (Å²) in [4.78, 5) is 7.69. The zero-order valence-corrected chi connectivity index (χ0v) is 18.2. The number of para-hydroxylation sites is 1. The molecular weight excluding hydrogens is 472 g/mol. The maximum Gasteiger partial charge on any atom is 0.403 e. The minimum atomic E-state index is -4.19. The molecule has 1 heterocycles. The Balaban J connectivity index is 0.00000364. The minimum Gasteiger partial charge on any atom is -0.489 e. The van der Waals surface area contributed by atoms with Crippen LogP contribution in [0.15, 0.2) is 35.3 Å². The van der Waals surface area contributed by atoms with Gasteiger partial charge in [-0.3, -0.25) is 9.89 Å². The van der Waals surface area contributed by atoms with Crippen LogP contribution in [0, 0.1) is 0 Å². The molecule has 0 radical (unpaired) electrons. The molecule has 0 saturated carbocycles. The van der Waals surface area contributed by atoms with Gasteiger partial charge in [0, 0.05) is 33.2 Å². The molecule has 1 aromatic rings. The molecule has 1 saturated heterocycles. The highest BCUT2D eigenvalue weighted by Gasteiger charge is 2.41. The Morgan fingerprint density at radius 2 is 1.74 bits per heavy atom. The molecule has 2 unspecified atom stereocenters. The Hall–Kier alpha value is -1.23. The van der Waals surface area contributed by atoms with Gasteiger partial charge in [0.1, 0.15) is 17.9 Å². The second-order valence-corrected chi connectivity index (χ2v) is 6.41. The number of alkyl halides is 3. The van der Waals surface area contributed by atoms with Crippen molar-refractivity contribution in [2.75, 3.05) is 39.8 Å². The fourth-order valence-electron chi connectivity index (χ4n) is 2.87. The monoisotopic (exact) mass is 500 g/mol. The maximum absolute atomic E-state index is 12.8. The van der Waals surface area contributed by atoms with E-state index in [1.165, 1.54) is 11.8 Å². The average molecular weight is 500 g/mol. The van der Waals surface area contributed by atoms with Crippen LogP contribution in [-0.2, 0) is 0 Å². The van der Waals surface area contributed by atoms with E-state index in [4.69, 9.17) is 4.74 Å². The van der Waals surface area contributed by atoms with Crippen LogP contribution in [-0.4, -0.2) is 73.9 Å². The van der Waals surface area contributed by atoms with Crippen molar-refractivity contribution < 1.29 is 17.9 Å². The predicted octanol–water partition coefficient (Wildman–Crippen LogP) is 3.22. The summed E-state index contributed by atoms with van der Waals surface area (Å²) >= 11 is 0. The van der Waals surface area contributed by atoms with Crippen molar-refractivity contribution >= 4 is 29.9 Å². The molecule has 0 aliphatic carbocycles. The van der Waals surface area contributed by atoms with Gasteiger partial charge in [-0.15, -0.1) is 24.0 Å². The van der Waals surface area contributed by atoms with Gasteiger partial charge in [0.2, 0.25) is 0 Å². The largest absolute Gasteiger partial charge is 0.489 e. The lowest BCUT2D eigenvalue weighted by molar-refractivity contribution is -0.181. The molecule has 2 rings (SSSR count). The van der Waals surface area contributed by atoms with Gasteiger partial charge in [-0.1, -0.05) is 18.2 Å². The van der Waals surface area contributed by atoms with Crippen molar-refractivity contribution in [2.45, 2.75) is 32.2 Å². The summed E-state index contributed by atoms with van der Waals surface area (Å²) in [6, 6.07) is 8.13. The third-order valence-electron chi connectivity index (χ3n) is 4.48. The van der Waals surface area contributed by atoms with Crippen LogP contribution in [0.25, 0.3) is 0 Å². The summed E-state index contributed by atoms with van der Waals surface area (Å²) in [6.45, 7) is 5.46. The summed E-state index contributed by atoms with van der Waals surface area (Å²) in [5.41, 5.74) is 0. The zero-order chi connectivity index (χ0) is 19.2. The molecule has 1 aliphatic rings. The molecule has 27 heavy (non-hydrogen) atoms. The van der Waals surface area contributed by atoms with Gasteiger partial charge in [-0.2, -0.15) is 13.2 Å². The topological polar surface area (TPSA) is 40.1 Å². The van der Waals surface area contributed by atoms with Gasteiger partial charge < -0.3 is 15.0 Å². The second-order valence-electron chi connectivity index (χ2n) is 6.41. The predicted molar refractivity (Wildman–Crippen MR) is 112 cm³/mol. The molecule has 5 nitrogen and oxygen atoms in total. The first-order valence-electron chi connectivity index (χ1n) is 8.79. The Bertz CT molecular complexity index is 578. The third kappa shape index (κ3) is 7.36. The molecule has 0 amide bonds. The molecule has 154 valence electrons. The molecule has 1 fully saturated rings. The number of piperazine rings is 1. The highest BCUT2D eigenvalue weighted by Crippen LogP contribution is 2.25. The lowest BCUT2D eigenvalue weighted by Gasteiger charge is -2.39. The quantitative estimate of drug-likeness (QED) is 0.383. The van der Waals surface area contributed by atoms with Crippen LogP contribution in [0.3, 0.4) is 0 Å². The minimum absolute atomic E-state index is 0. The molecule has 1 aliphatic heterocycles. The number of guanidine groups is 1. The van der Waals surface area contributed by atoms with E-state index in [0.29, 0.717) is 38.7 Å². The first-order chi connectivity index (χ1) is 12.3. The van der Waals surface area contributed by atoms with Crippen LogP contribution < -0.4 is 10.1 Å². The molecule has 2 atom stereocenters. The number of halogens is 4. The lowest BCUT2D eigenvalue weighted by atomic mass is 10.2. The highest BCUT2D eigenvalue weighted by atomic mass is 127. The van der Waals surface area contributed by atoms with Gasteiger partial charge in [0.15, 0.2) is 5.96 Å². The number of nitrogens with zero attached hydrogens (tertiary/aromatic N) is 3. The van der Waals surface area contributed by atoms with E-state index in [-0.39, 0.29) is 30.1 Å². The number of aliphatic imine (C=N–C) groups is 1. The summed E-state index contributed by atoms with van der Waals surface area (Å²) in [6.07, 6.45) is -4.26. The van der Waals surface area contributed by atoms with Crippen LogP contribution >= 0.6 is 24.0 Å². The third-order valence-corrected chi connectivity index (χ3v) is 4.48. The van der Waals surface area contributed by atoms with E-state index in [1.54, 1.807) is 7.05 Å². The van der Waals surface area contributed by atoms with Gasteiger partial charge in [-0.25, -0.2) is 0 Å². The first kappa shape index (κ1) is 23.8. The van der Waals surface area contributed by atoms with Crippen LogP contribution in [0.5, 0.6) is 5.75 Å². The van der Waals surface area contributed by atoms with Crippen molar-refractivity contribution in [3.63, 3.8) is 0 Å². The van der Waals surface area contributed by atoms with Crippen molar-refractivity contribution in [1.29, 1.82) is 0 Å². The van der Waals surface area contributed by atoms with E-state index >= 15 is 0 Å². The van der Waals surface area contributed by atoms with Crippen LogP contribution in [0.4, 0.5) is 13.2 Å².